The molecule has 4 aromatic rings. The number of thiophene rings is 1. The van der Waals surface area contributed by atoms with E-state index in [4.69, 9.17) is 9.84 Å². The van der Waals surface area contributed by atoms with Gasteiger partial charge in [0, 0.05) is 12.2 Å². The smallest absolute Gasteiger partial charge is 0.277 e. The third-order valence-electron chi connectivity index (χ3n) is 6.78. The summed E-state index contributed by atoms with van der Waals surface area (Å²) in [4.78, 5) is 30.3. The average Bonchev–Trinajstić information content (AvgIpc) is 3.55. The van der Waals surface area contributed by atoms with Gasteiger partial charge in [-0.1, -0.05) is 24.3 Å². The van der Waals surface area contributed by atoms with Gasteiger partial charge in [-0.25, -0.2) is 0 Å². The van der Waals surface area contributed by atoms with Gasteiger partial charge in [0.15, 0.2) is 0 Å². The minimum atomic E-state index is -1.18. The van der Waals surface area contributed by atoms with Gasteiger partial charge in [0.2, 0.25) is 5.91 Å². The number of hydrogen-bond donors (Lipinski definition) is 1. The number of methoxy groups -OCH3 is 1. The third-order valence-corrected chi connectivity index (χ3v) is 7.67. The highest BCUT2D eigenvalue weighted by Crippen LogP contribution is 2.35. The summed E-state index contributed by atoms with van der Waals surface area (Å²) in [5.74, 6) is 0.259. The standard InChI is InChI=1S/C28H28N4O3S/c1-18-7-10-21(14-19(18)2)32-26(33)24-15-23(25-6-5-13-36-25)30-31(24)17-28(32,3)27(34)29-16-20-8-11-22(35-4)12-9-20/h5-15H,16-17H2,1-4H3,(H,29,34). The normalized spacial score (nSPS) is 17.1. The third kappa shape index (κ3) is 4.18. The predicted molar refractivity (Wildman–Crippen MR) is 142 cm³/mol. The molecule has 1 N–H and O–H groups in total. The van der Waals surface area contributed by atoms with Gasteiger partial charge in [-0.3, -0.25) is 19.2 Å². The number of carbonyl (C=O) groups is 2. The second kappa shape index (κ2) is 9.28. The molecular weight excluding hydrogens is 472 g/mol. The van der Waals surface area contributed by atoms with Crippen molar-refractivity contribution < 1.29 is 14.3 Å². The monoisotopic (exact) mass is 500 g/mol. The van der Waals surface area contributed by atoms with Gasteiger partial charge in [0.25, 0.3) is 5.91 Å². The lowest BCUT2D eigenvalue weighted by Crippen LogP contribution is -2.64. The Morgan fingerprint density at radius 2 is 1.89 bits per heavy atom. The Morgan fingerprint density at radius 1 is 1.11 bits per heavy atom. The number of amides is 2. The molecule has 7 nitrogen and oxygen atoms in total. The molecule has 184 valence electrons. The molecule has 0 radical (unpaired) electrons. The quantitative estimate of drug-likeness (QED) is 0.405. The van der Waals surface area contributed by atoms with E-state index < -0.39 is 5.54 Å². The van der Waals surface area contributed by atoms with Crippen molar-refractivity contribution in [3.8, 4) is 16.3 Å². The summed E-state index contributed by atoms with van der Waals surface area (Å²) in [6.07, 6.45) is 0. The second-order valence-electron chi connectivity index (χ2n) is 9.26. The van der Waals surface area contributed by atoms with Crippen LogP contribution in [0.15, 0.2) is 66.0 Å². The number of nitrogens with one attached hydrogen (secondary N) is 1. The van der Waals surface area contributed by atoms with Crippen LogP contribution in [0, 0.1) is 13.8 Å². The van der Waals surface area contributed by atoms with E-state index >= 15 is 0 Å². The van der Waals surface area contributed by atoms with Crippen LogP contribution in [-0.4, -0.2) is 34.2 Å². The zero-order valence-electron chi connectivity index (χ0n) is 20.7. The van der Waals surface area contributed by atoms with E-state index in [-0.39, 0.29) is 18.4 Å². The molecule has 2 amide bonds. The van der Waals surface area contributed by atoms with E-state index in [9.17, 15) is 9.59 Å². The molecule has 2 aromatic heterocycles. The Bertz CT molecular complexity index is 1430. The molecule has 1 unspecified atom stereocenters. The maximum Gasteiger partial charge on any atom is 0.277 e. The lowest BCUT2D eigenvalue weighted by molar-refractivity contribution is -0.126. The van der Waals surface area contributed by atoms with E-state index in [1.54, 1.807) is 35.0 Å². The fraction of sp³-hybridized carbons (Fsp3) is 0.250. The summed E-state index contributed by atoms with van der Waals surface area (Å²) in [5.41, 5.74) is 3.83. The number of benzene rings is 2. The Labute approximate surface area is 214 Å². The number of nitrogens with zero attached hydrogens (tertiary/aromatic N) is 3. The first-order valence-electron chi connectivity index (χ1n) is 11.7. The summed E-state index contributed by atoms with van der Waals surface area (Å²) in [6.45, 7) is 6.41. The fourth-order valence-corrected chi connectivity index (χ4v) is 5.19. The second-order valence-corrected chi connectivity index (χ2v) is 10.2. The van der Waals surface area contributed by atoms with Gasteiger partial charge in [-0.05, 0) is 79.2 Å². The van der Waals surface area contributed by atoms with Crippen molar-refractivity contribution in [3.05, 3.63) is 88.4 Å². The van der Waals surface area contributed by atoms with Crippen LogP contribution < -0.4 is 15.0 Å². The largest absolute Gasteiger partial charge is 0.497 e. The molecule has 0 saturated carbocycles. The lowest BCUT2D eigenvalue weighted by atomic mass is 9.93. The summed E-state index contributed by atoms with van der Waals surface area (Å²) < 4.78 is 6.89. The van der Waals surface area contributed by atoms with E-state index in [2.05, 4.69) is 5.32 Å². The zero-order valence-corrected chi connectivity index (χ0v) is 21.6. The van der Waals surface area contributed by atoms with Crippen LogP contribution in [0.1, 0.15) is 34.1 Å². The van der Waals surface area contributed by atoms with Crippen molar-refractivity contribution in [3.63, 3.8) is 0 Å². The molecule has 0 aliphatic carbocycles. The number of rotatable bonds is 6. The van der Waals surface area contributed by atoms with Crippen LogP contribution in [-0.2, 0) is 17.9 Å². The summed E-state index contributed by atoms with van der Waals surface area (Å²) in [5, 5.41) is 9.73. The van der Waals surface area contributed by atoms with Gasteiger partial charge in [0.05, 0.1) is 18.5 Å². The van der Waals surface area contributed by atoms with E-state index in [1.807, 2.05) is 79.9 Å². The minimum Gasteiger partial charge on any atom is -0.497 e. The van der Waals surface area contributed by atoms with Gasteiger partial charge >= 0.3 is 0 Å². The molecule has 3 heterocycles. The van der Waals surface area contributed by atoms with E-state index in [1.165, 1.54) is 0 Å². The average molecular weight is 501 g/mol. The van der Waals surface area contributed by atoms with Crippen LogP contribution in [0.25, 0.3) is 10.6 Å². The van der Waals surface area contributed by atoms with E-state index in [0.717, 1.165) is 33.0 Å². The molecule has 8 heteroatoms. The molecular formula is C28H28N4O3S. The molecule has 5 rings (SSSR count). The summed E-state index contributed by atoms with van der Waals surface area (Å²) >= 11 is 1.57. The maximum atomic E-state index is 13.9. The zero-order chi connectivity index (χ0) is 25.4. The molecule has 1 aliphatic heterocycles. The van der Waals surface area contributed by atoms with Crippen LogP contribution in [0.2, 0.25) is 0 Å². The fourth-order valence-electron chi connectivity index (χ4n) is 4.51. The first kappa shape index (κ1) is 23.8. The molecule has 1 atom stereocenters. The summed E-state index contributed by atoms with van der Waals surface area (Å²) in [6, 6.07) is 19.1. The highest BCUT2D eigenvalue weighted by atomic mass is 32.1. The van der Waals surface area contributed by atoms with Crippen molar-refractivity contribution in [2.75, 3.05) is 12.0 Å². The van der Waals surface area contributed by atoms with Crippen LogP contribution >= 0.6 is 11.3 Å². The number of anilines is 1. The number of aryl methyl sites for hydroxylation is 2. The van der Waals surface area contributed by atoms with Crippen molar-refractivity contribution in [1.29, 1.82) is 0 Å². The highest BCUT2D eigenvalue weighted by Gasteiger charge is 2.49. The van der Waals surface area contributed by atoms with Crippen molar-refractivity contribution in [2.45, 2.75) is 39.4 Å². The van der Waals surface area contributed by atoms with Crippen LogP contribution in [0.3, 0.4) is 0 Å². The number of aromatic nitrogens is 2. The maximum absolute atomic E-state index is 13.9. The molecule has 1 aliphatic rings. The Balaban J connectivity index is 1.52. The van der Waals surface area contributed by atoms with Crippen LogP contribution in [0.4, 0.5) is 5.69 Å². The number of ether oxygens (including phenoxy) is 1. The van der Waals surface area contributed by atoms with Gasteiger partial charge in [0.1, 0.15) is 22.7 Å². The molecule has 36 heavy (non-hydrogen) atoms. The molecule has 0 spiro atoms. The SMILES string of the molecule is COc1ccc(CNC(=O)C2(C)Cn3nc(-c4cccs4)cc3C(=O)N2c2ccc(C)c(C)c2)cc1. The minimum absolute atomic E-state index is 0.237. The number of carbonyl (C=O) groups excluding carboxylic acids is 2. The van der Waals surface area contributed by atoms with Gasteiger partial charge in [-0.15, -0.1) is 11.3 Å². The van der Waals surface area contributed by atoms with Crippen molar-refractivity contribution in [2.24, 2.45) is 0 Å². The van der Waals surface area contributed by atoms with Gasteiger partial charge in [-0.2, -0.15) is 5.10 Å². The number of fused-ring (bicyclic) bond motifs is 1. The van der Waals surface area contributed by atoms with Crippen molar-refractivity contribution in [1.82, 2.24) is 15.1 Å². The first-order chi connectivity index (χ1) is 17.3. The number of hydrogen-bond acceptors (Lipinski definition) is 5. The molecule has 0 bridgehead atoms. The van der Waals surface area contributed by atoms with Crippen molar-refractivity contribution >= 4 is 28.8 Å². The highest BCUT2D eigenvalue weighted by molar-refractivity contribution is 7.13. The first-order valence-corrected chi connectivity index (χ1v) is 12.6. The molecule has 0 saturated heterocycles. The summed E-state index contributed by atoms with van der Waals surface area (Å²) in [7, 11) is 1.62. The lowest BCUT2D eigenvalue weighted by Gasteiger charge is -2.43. The van der Waals surface area contributed by atoms with Gasteiger partial charge < -0.3 is 10.1 Å². The Hall–Kier alpha value is -3.91. The van der Waals surface area contributed by atoms with Crippen LogP contribution in [0.5, 0.6) is 5.75 Å². The predicted octanol–water partition coefficient (Wildman–Crippen LogP) is 4.97. The molecule has 2 aromatic carbocycles. The Morgan fingerprint density at radius 3 is 2.56 bits per heavy atom. The topological polar surface area (TPSA) is 76.5 Å². The Kier molecular flexibility index (Phi) is 6.14. The molecule has 0 fully saturated rings. The van der Waals surface area contributed by atoms with E-state index in [0.29, 0.717) is 17.9 Å².